The van der Waals surface area contributed by atoms with E-state index in [4.69, 9.17) is 17.7 Å². The summed E-state index contributed by atoms with van der Waals surface area (Å²) in [5, 5.41) is 0.406. The van der Waals surface area contributed by atoms with Gasteiger partial charge in [0.2, 0.25) is 25.0 Å². The average Bonchev–Trinajstić information content (AvgIpc) is 2.61. The molecule has 0 bridgehead atoms. The molecule has 0 amide bonds. The second-order valence-electron chi connectivity index (χ2n) is 10.9. The van der Waals surface area contributed by atoms with Crippen LogP contribution in [0.3, 0.4) is 0 Å². The molecule has 3 rings (SSSR count). The molecule has 172 valence electrons. The van der Waals surface area contributed by atoms with Gasteiger partial charge in [-0.25, -0.2) is 0 Å². The summed E-state index contributed by atoms with van der Waals surface area (Å²) in [6.45, 7) is 18.9. The van der Waals surface area contributed by atoms with Crippen molar-refractivity contribution < 1.29 is 17.7 Å². The first-order valence-electron chi connectivity index (χ1n) is 10.9. The van der Waals surface area contributed by atoms with Crippen molar-refractivity contribution in [3.05, 3.63) is 52.7 Å². The van der Waals surface area contributed by atoms with Crippen LogP contribution >= 0.6 is 0 Å². The molecule has 2 aromatic carbocycles. The summed E-state index contributed by atoms with van der Waals surface area (Å²) in [4.78, 5) is 13.4. The lowest BCUT2D eigenvalue weighted by Gasteiger charge is -2.30. The zero-order chi connectivity index (χ0) is 23.9. The van der Waals surface area contributed by atoms with E-state index in [0.29, 0.717) is 34.0 Å². The highest BCUT2D eigenvalue weighted by atomic mass is 28.4. The molecular weight excluding hydrogens is 453 g/mol. The minimum atomic E-state index is -2.09. The lowest BCUT2D eigenvalue weighted by molar-refractivity contribution is 0.455. The average molecular weight is 487 g/mol. The van der Waals surface area contributed by atoms with Gasteiger partial charge in [0, 0.05) is 17.7 Å². The minimum absolute atomic E-state index is 0.154. The molecule has 0 unspecified atom stereocenters. The van der Waals surface area contributed by atoms with Gasteiger partial charge >= 0.3 is 0 Å². The van der Waals surface area contributed by atoms with Crippen molar-refractivity contribution in [2.75, 3.05) is 0 Å². The molecule has 5 nitrogen and oxygen atoms in total. The first-order valence-corrected chi connectivity index (χ1v) is 21.1. The van der Waals surface area contributed by atoms with Crippen LogP contribution in [0.15, 0.2) is 51.7 Å². The fourth-order valence-electron chi connectivity index (χ4n) is 3.20. The predicted molar refractivity (Wildman–Crippen MR) is 140 cm³/mol. The van der Waals surface area contributed by atoms with Crippen LogP contribution in [0.2, 0.25) is 58.9 Å². The van der Waals surface area contributed by atoms with E-state index in [0.717, 1.165) is 5.56 Å². The Kier molecular flexibility index (Phi) is 6.52. The number of hydrogen-bond donors (Lipinski definition) is 0. The number of benzene rings is 2. The van der Waals surface area contributed by atoms with Crippen LogP contribution in [0.5, 0.6) is 17.2 Å². The number of hydrogen-bond acceptors (Lipinski definition) is 5. The summed E-state index contributed by atoms with van der Waals surface area (Å²) in [6.07, 6.45) is 0. The molecule has 0 fully saturated rings. The number of fused-ring (bicyclic) bond motifs is 1. The maximum Gasteiger partial charge on any atom is 0.242 e. The first-order chi connectivity index (χ1) is 14.6. The summed E-state index contributed by atoms with van der Waals surface area (Å²) in [6, 6.07) is 13.0. The van der Waals surface area contributed by atoms with E-state index in [1.165, 1.54) is 6.07 Å². The highest BCUT2D eigenvalue weighted by molar-refractivity contribution is 6.72. The van der Waals surface area contributed by atoms with Gasteiger partial charge < -0.3 is 17.7 Å². The van der Waals surface area contributed by atoms with Crippen molar-refractivity contribution in [2.24, 2.45) is 0 Å². The Labute approximate surface area is 193 Å². The van der Waals surface area contributed by atoms with Crippen molar-refractivity contribution in [3.63, 3.8) is 0 Å². The Morgan fingerprint density at radius 2 is 1.22 bits per heavy atom. The van der Waals surface area contributed by atoms with Gasteiger partial charge in [-0.2, -0.15) is 0 Å². The second kappa shape index (κ2) is 8.57. The molecular formula is C24H34O5Si3. The van der Waals surface area contributed by atoms with Crippen LogP contribution in [0.1, 0.15) is 0 Å². The zero-order valence-corrected chi connectivity index (χ0v) is 23.6. The van der Waals surface area contributed by atoms with E-state index >= 15 is 0 Å². The van der Waals surface area contributed by atoms with Crippen molar-refractivity contribution in [2.45, 2.75) is 58.9 Å². The van der Waals surface area contributed by atoms with Crippen molar-refractivity contribution in [3.8, 4) is 28.6 Å². The lowest BCUT2D eigenvalue weighted by Crippen LogP contribution is -2.34. The van der Waals surface area contributed by atoms with Crippen LogP contribution in [0.4, 0.5) is 0 Å². The van der Waals surface area contributed by atoms with Gasteiger partial charge in [0.1, 0.15) is 16.7 Å². The molecule has 0 aliphatic carbocycles. The molecule has 0 N–H and O–H groups in total. The van der Waals surface area contributed by atoms with Crippen LogP contribution in [0.25, 0.3) is 22.3 Å². The Morgan fingerprint density at radius 1 is 0.688 bits per heavy atom. The SMILES string of the molecule is C[Si](C)(C)Oc1cc2oc(-c3ccccc3)cc(=O)c2c(O[Si](C)(C)C)c1O[Si](C)(C)C. The Hall–Kier alpha value is -2.30. The van der Waals surface area contributed by atoms with Crippen molar-refractivity contribution in [1.82, 2.24) is 0 Å². The van der Waals surface area contributed by atoms with Gasteiger partial charge in [-0.15, -0.1) is 0 Å². The standard InChI is InChI=1S/C24H34O5Si3/c1-30(2,3)27-21-16-20-22(18(25)15-19(26-20)17-13-11-10-12-14-17)24(29-32(7,8)9)23(21)28-31(4,5)6/h10-16H,1-9H3. The summed E-state index contributed by atoms with van der Waals surface area (Å²) in [7, 11) is -6.13. The van der Waals surface area contributed by atoms with E-state index in [1.807, 2.05) is 30.3 Å². The van der Waals surface area contributed by atoms with Crippen LogP contribution in [-0.4, -0.2) is 25.0 Å². The van der Waals surface area contributed by atoms with Gasteiger partial charge in [-0.1, -0.05) is 30.3 Å². The molecule has 8 heteroatoms. The molecule has 0 aliphatic heterocycles. The van der Waals surface area contributed by atoms with E-state index in [2.05, 4.69) is 58.9 Å². The quantitative estimate of drug-likeness (QED) is 0.333. The van der Waals surface area contributed by atoms with Crippen LogP contribution in [0, 0.1) is 0 Å². The van der Waals surface area contributed by atoms with Crippen molar-refractivity contribution in [1.29, 1.82) is 0 Å². The maximum atomic E-state index is 13.4. The van der Waals surface area contributed by atoms with E-state index in [9.17, 15) is 4.79 Å². The topological polar surface area (TPSA) is 57.9 Å². The molecule has 3 aromatic rings. The molecule has 0 saturated heterocycles. The molecule has 1 heterocycles. The largest absolute Gasteiger partial charge is 0.542 e. The third kappa shape index (κ3) is 6.14. The van der Waals surface area contributed by atoms with E-state index < -0.39 is 25.0 Å². The summed E-state index contributed by atoms with van der Waals surface area (Å²) < 4.78 is 25.7. The van der Waals surface area contributed by atoms with Crippen LogP contribution in [-0.2, 0) is 0 Å². The second-order valence-corrected chi connectivity index (χ2v) is 24.2. The zero-order valence-electron chi connectivity index (χ0n) is 20.6. The molecule has 32 heavy (non-hydrogen) atoms. The van der Waals surface area contributed by atoms with Crippen LogP contribution < -0.4 is 18.7 Å². The lowest BCUT2D eigenvalue weighted by atomic mass is 10.1. The van der Waals surface area contributed by atoms with Gasteiger partial charge in [0.25, 0.3) is 0 Å². The molecule has 0 atom stereocenters. The number of rotatable bonds is 7. The predicted octanol–water partition coefficient (Wildman–Crippen LogP) is 7.10. The minimum Gasteiger partial charge on any atom is -0.542 e. The Bertz CT molecular complexity index is 1170. The van der Waals surface area contributed by atoms with Gasteiger partial charge in [0.15, 0.2) is 22.7 Å². The molecule has 0 radical (unpaired) electrons. The summed E-state index contributed by atoms with van der Waals surface area (Å²) in [5.74, 6) is 2.08. The highest BCUT2D eigenvalue weighted by Gasteiger charge is 2.31. The third-order valence-corrected chi connectivity index (χ3v) is 6.65. The normalized spacial score (nSPS) is 12.7. The molecule has 1 aromatic heterocycles. The smallest absolute Gasteiger partial charge is 0.242 e. The van der Waals surface area contributed by atoms with E-state index in [-0.39, 0.29) is 5.43 Å². The summed E-state index contributed by atoms with van der Waals surface area (Å²) >= 11 is 0. The third-order valence-electron chi connectivity index (χ3n) is 4.19. The van der Waals surface area contributed by atoms with Gasteiger partial charge in [-0.3, -0.25) is 4.79 Å². The first kappa shape index (κ1) is 24.3. The fraction of sp³-hybridized carbons (Fsp3) is 0.375. The monoisotopic (exact) mass is 486 g/mol. The highest BCUT2D eigenvalue weighted by Crippen LogP contribution is 2.46. The van der Waals surface area contributed by atoms with Gasteiger partial charge in [0.05, 0.1) is 0 Å². The van der Waals surface area contributed by atoms with Crippen molar-refractivity contribution >= 4 is 35.9 Å². The van der Waals surface area contributed by atoms with E-state index in [1.54, 1.807) is 6.07 Å². The molecule has 0 aliphatic rings. The summed E-state index contributed by atoms with van der Waals surface area (Å²) in [5.41, 5.74) is 1.13. The maximum absolute atomic E-state index is 13.4. The Morgan fingerprint density at radius 3 is 1.75 bits per heavy atom. The molecule has 0 saturated carbocycles. The fourth-order valence-corrected chi connectivity index (χ4v) is 5.63. The molecule has 0 spiro atoms. The van der Waals surface area contributed by atoms with Gasteiger partial charge in [-0.05, 0) is 58.9 Å². The Balaban J connectivity index is 2.39.